The number of rotatable bonds is 7. The van der Waals surface area contributed by atoms with Gasteiger partial charge >= 0.3 is 0 Å². The van der Waals surface area contributed by atoms with Crippen molar-refractivity contribution in [1.82, 2.24) is 15.1 Å². The molecule has 2 aromatic rings. The SMILES string of the molecule is CCCNC(c1cccs1)c1c(Cl)cnn1CCC. The van der Waals surface area contributed by atoms with Crippen molar-refractivity contribution in [2.24, 2.45) is 0 Å². The standard InChI is InChI=1S/C14H20ClN3S/c1-3-7-16-13(12-6-5-9-19-12)14-11(15)10-17-18(14)8-4-2/h5-6,9-10,13,16H,3-4,7-8H2,1-2H3. The molecule has 19 heavy (non-hydrogen) atoms. The minimum atomic E-state index is 0.140. The second-order valence-corrected chi connectivity index (χ2v) is 5.89. The van der Waals surface area contributed by atoms with Crippen LogP contribution in [-0.2, 0) is 6.54 Å². The monoisotopic (exact) mass is 297 g/mol. The molecule has 0 aromatic carbocycles. The van der Waals surface area contributed by atoms with Gasteiger partial charge in [0.2, 0.25) is 0 Å². The maximum absolute atomic E-state index is 6.35. The first-order valence-corrected chi connectivity index (χ1v) is 8.01. The number of aryl methyl sites for hydroxylation is 1. The predicted octanol–water partition coefficient (Wildman–Crippen LogP) is 4.10. The Morgan fingerprint density at radius 3 is 2.89 bits per heavy atom. The maximum Gasteiger partial charge on any atom is 0.0857 e. The topological polar surface area (TPSA) is 29.9 Å². The van der Waals surface area contributed by atoms with E-state index in [1.54, 1.807) is 17.5 Å². The summed E-state index contributed by atoms with van der Waals surface area (Å²) in [5.41, 5.74) is 1.08. The summed E-state index contributed by atoms with van der Waals surface area (Å²) in [6.45, 7) is 6.19. The highest BCUT2D eigenvalue weighted by Gasteiger charge is 2.22. The lowest BCUT2D eigenvalue weighted by Crippen LogP contribution is -2.25. The molecular formula is C14H20ClN3S. The number of halogens is 1. The summed E-state index contributed by atoms with van der Waals surface area (Å²) in [5, 5.41) is 10.8. The minimum Gasteiger partial charge on any atom is -0.304 e. The van der Waals surface area contributed by atoms with Gasteiger partial charge in [0.15, 0.2) is 0 Å². The molecule has 1 N–H and O–H groups in total. The Morgan fingerprint density at radius 2 is 2.26 bits per heavy atom. The molecule has 0 spiro atoms. The van der Waals surface area contributed by atoms with Gasteiger partial charge in [0.05, 0.1) is 23.0 Å². The van der Waals surface area contributed by atoms with Crippen molar-refractivity contribution >= 4 is 22.9 Å². The molecule has 0 bridgehead atoms. The second-order valence-electron chi connectivity index (χ2n) is 4.50. The number of nitrogens with one attached hydrogen (secondary N) is 1. The Bertz CT molecular complexity index is 493. The molecule has 0 radical (unpaired) electrons. The van der Waals surface area contributed by atoms with Crippen molar-refractivity contribution in [3.05, 3.63) is 39.3 Å². The highest BCUT2D eigenvalue weighted by molar-refractivity contribution is 7.10. The third-order valence-corrected chi connectivity index (χ3v) is 4.20. The van der Waals surface area contributed by atoms with Gasteiger partial charge in [0.1, 0.15) is 0 Å². The smallest absolute Gasteiger partial charge is 0.0857 e. The third kappa shape index (κ3) is 3.38. The van der Waals surface area contributed by atoms with E-state index in [0.717, 1.165) is 36.6 Å². The van der Waals surface area contributed by atoms with Gasteiger partial charge in [-0.05, 0) is 30.8 Å². The first-order chi connectivity index (χ1) is 9.27. The van der Waals surface area contributed by atoms with Crippen LogP contribution in [0.2, 0.25) is 5.02 Å². The highest BCUT2D eigenvalue weighted by Crippen LogP contribution is 2.31. The van der Waals surface area contributed by atoms with Gasteiger partial charge in [-0.15, -0.1) is 11.3 Å². The van der Waals surface area contributed by atoms with Crippen molar-refractivity contribution in [2.75, 3.05) is 6.54 Å². The van der Waals surface area contributed by atoms with E-state index in [2.05, 4.69) is 41.8 Å². The number of thiophene rings is 1. The fourth-order valence-corrected chi connectivity index (χ4v) is 3.18. The van der Waals surface area contributed by atoms with E-state index >= 15 is 0 Å². The molecule has 2 heterocycles. The van der Waals surface area contributed by atoms with Crippen LogP contribution in [0.3, 0.4) is 0 Å². The molecule has 5 heteroatoms. The van der Waals surface area contributed by atoms with E-state index in [-0.39, 0.29) is 6.04 Å². The molecule has 3 nitrogen and oxygen atoms in total. The van der Waals surface area contributed by atoms with Crippen molar-refractivity contribution in [3.63, 3.8) is 0 Å². The van der Waals surface area contributed by atoms with Crippen molar-refractivity contribution < 1.29 is 0 Å². The van der Waals surface area contributed by atoms with E-state index in [1.165, 1.54) is 4.88 Å². The molecule has 0 aliphatic rings. The average Bonchev–Trinajstić information content (AvgIpc) is 3.03. The van der Waals surface area contributed by atoms with Crippen LogP contribution < -0.4 is 5.32 Å². The number of aromatic nitrogens is 2. The first kappa shape index (κ1) is 14.6. The van der Waals surface area contributed by atoms with Crippen LogP contribution in [0.15, 0.2) is 23.7 Å². The minimum absolute atomic E-state index is 0.140. The zero-order valence-corrected chi connectivity index (χ0v) is 13.0. The Kier molecular flexibility index (Phi) is 5.43. The van der Waals surface area contributed by atoms with E-state index < -0.39 is 0 Å². The molecule has 0 saturated heterocycles. The van der Waals surface area contributed by atoms with Gasteiger partial charge in [-0.3, -0.25) is 4.68 Å². The van der Waals surface area contributed by atoms with Crippen LogP contribution in [0.25, 0.3) is 0 Å². The van der Waals surface area contributed by atoms with Gasteiger partial charge in [0, 0.05) is 11.4 Å². The molecule has 0 aliphatic heterocycles. The fraction of sp³-hybridized carbons (Fsp3) is 0.500. The van der Waals surface area contributed by atoms with Crippen LogP contribution in [0.5, 0.6) is 0 Å². The lowest BCUT2D eigenvalue weighted by molar-refractivity contribution is 0.515. The van der Waals surface area contributed by atoms with Crippen LogP contribution in [0.1, 0.15) is 43.3 Å². The summed E-state index contributed by atoms with van der Waals surface area (Å²) in [5.74, 6) is 0. The normalized spacial score (nSPS) is 12.8. The summed E-state index contributed by atoms with van der Waals surface area (Å²) in [6, 6.07) is 4.37. The summed E-state index contributed by atoms with van der Waals surface area (Å²) in [7, 11) is 0. The second kappa shape index (κ2) is 7.08. The van der Waals surface area contributed by atoms with Crippen molar-refractivity contribution in [1.29, 1.82) is 0 Å². The van der Waals surface area contributed by atoms with E-state index in [9.17, 15) is 0 Å². The number of nitrogens with zero attached hydrogens (tertiary/aromatic N) is 2. The van der Waals surface area contributed by atoms with Crippen LogP contribution in [0, 0.1) is 0 Å². The van der Waals surface area contributed by atoms with Gasteiger partial charge in [0.25, 0.3) is 0 Å². The third-order valence-electron chi connectivity index (χ3n) is 2.97. The van der Waals surface area contributed by atoms with Gasteiger partial charge in [-0.25, -0.2) is 0 Å². The first-order valence-electron chi connectivity index (χ1n) is 6.75. The average molecular weight is 298 g/mol. The lowest BCUT2D eigenvalue weighted by Gasteiger charge is -2.19. The van der Waals surface area contributed by atoms with Gasteiger partial charge in [-0.2, -0.15) is 5.10 Å². The largest absolute Gasteiger partial charge is 0.304 e. The zero-order valence-electron chi connectivity index (χ0n) is 11.4. The predicted molar refractivity (Wildman–Crippen MR) is 82.0 cm³/mol. The van der Waals surface area contributed by atoms with Crippen molar-refractivity contribution in [2.45, 2.75) is 39.3 Å². The van der Waals surface area contributed by atoms with E-state index in [1.807, 2.05) is 4.68 Å². The highest BCUT2D eigenvalue weighted by atomic mass is 35.5. The van der Waals surface area contributed by atoms with Gasteiger partial charge in [-0.1, -0.05) is 31.5 Å². The van der Waals surface area contributed by atoms with E-state index in [0.29, 0.717) is 0 Å². The summed E-state index contributed by atoms with van der Waals surface area (Å²) in [4.78, 5) is 1.29. The molecule has 1 unspecified atom stereocenters. The Morgan fingerprint density at radius 1 is 1.42 bits per heavy atom. The Hall–Kier alpha value is -0.840. The molecule has 0 amide bonds. The zero-order chi connectivity index (χ0) is 13.7. The lowest BCUT2D eigenvalue weighted by atomic mass is 10.1. The quantitative estimate of drug-likeness (QED) is 0.834. The van der Waals surface area contributed by atoms with Gasteiger partial charge < -0.3 is 5.32 Å². The summed E-state index contributed by atoms with van der Waals surface area (Å²) in [6.07, 6.45) is 3.90. The molecular weight excluding hydrogens is 278 g/mol. The molecule has 2 rings (SSSR count). The Balaban J connectivity index is 2.34. The molecule has 0 saturated carbocycles. The van der Waals surface area contributed by atoms with E-state index in [4.69, 9.17) is 11.6 Å². The molecule has 0 aliphatic carbocycles. The summed E-state index contributed by atoms with van der Waals surface area (Å²) < 4.78 is 2.02. The van der Waals surface area contributed by atoms with Crippen molar-refractivity contribution in [3.8, 4) is 0 Å². The molecule has 104 valence electrons. The van der Waals surface area contributed by atoms with Crippen LogP contribution in [-0.4, -0.2) is 16.3 Å². The van der Waals surface area contributed by atoms with Crippen LogP contribution >= 0.6 is 22.9 Å². The molecule has 2 aromatic heterocycles. The molecule has 0 fully saturated rings. The fourth-order valence-electron chi connectivity index (χ4n) is 2.13. The number of hydrogen-bond donors (Lipinski definition) is 1. The Labute approximate surface area is 123 Å². The van der Waals surface area contributed by atoms with Crippen LogP contribution in [0.4, 0.5) is 0 Å². The number of hydrogen-bond acceptors (Lipinski definition) is 3. The summed E-state index contributed by atoms with van der Waals surface area (Å²) >= 11 is 8.11. The maximum atomic E-state index is 6.35. The molecule has 1 atom stereocenters.